The van der Waals surface area contributed by atoms with Crippen LogP contribution in [0, 0.1) is 11.3 Å². The fourth-order valence-corrected chi connectivity index (χ4v) is 2.92. The molecule has 0 aliphatic heterocycles. The van der Waals surface area contributed by atoms with E-state index in [4.69, 9.17) is 10.00 Å². The highest BCUT2D eigenvalue weighted by Crippen LogP contribution is 2.23. The molecule has 2 aromatic heterocycles. The Balaban J connectivity index is 1.58. The van der Waals surface area contributed by atoms with Crippen LogP contribution in [0.5, 0.6) is 5.75 Å². The second-order valence-electron chi connectivity index (χ2n) is 4.98. The molecule has 23 heavy (non-hydrogen) atoms. The molecule has 6 heteroatoms. The Morgan fingerprint density at radius 3 is 2.83 bits per heavy atom. The minimum atomic E-state index is -0.654. The maximum absolute atomic E-state index is 10.2. The van der Waals surface area contributed by atoms with E-state index in [0.29, 0.717) is 17.9 Å². The van der Waals surface area contributed by atoms with Gasteiger partial charge < -0.3 is 14.4 Å². The Morgan fingerprint density at radius 2 is 2.13 bits per heavy atom. The van der Waals surface area contributed by atoms with Gasteiger partial charge in [-0.2, -0.15) is 5.26 Å². The zero-order chi connectivity index (χ0) is 16.1. The Bertz CT molecular complexity index is 788. The summed E-state index contributed by atoms with van der Waals surface area (Å²) >= 11 is 1.61. The molecule has 1 aromatic carbocycles. The van der Waals surface area contributed by atoms with Crippen LogP contribution in [0.4, 0.5) is 0 Å². The number of benzene rings is 1. The standard InChI is InChI=1S/C17H15N3O2S/c18-10-13-3-5-15(6-4-13)22-12-14(21)11-20-8-7-19-17(20)16-2-1-9-23-16/h1-9,14,21H,11-12H2/t14-/m1/s1. The van der Waals surface area contributed by atoms with E-state index in [1.165, 1.54) is 0 Å². The lowest BCUT2D eigenvalue weighted by molar-refractivity contribution is 0.0929. The quantitative estimate of drug-likeness (QED) is 0.756. The molecule has 116 valence electrons. The van der Waals surface area contributed by atoms with Crippen LogP contribution in [0.1, 0.15) is 5.56 Å². The van der Waals surface area contributed by atoms with Crippen LogP contribution in [0.25, 0.3) is 10.7 Å². The van der Waals surface area contributed by atoms with Gasteiger partial charge in [-0.15, -0.1) is 11.3 Å². The van der Waals surface area contributed by atoms with Gasteiger partial charge in [-0.25, -0.2) is 4.98 Å². The average Bonchev–Trinajstić information content (AvgIpc) is 3.24. The zero-order valence-corrected chi connectivity index (χ0v) is 13.1. The number of rotatable bonds is 6. The molecule has 1 atom stereocenters. The van der Waals surface area contributed by atoms with Crippen molar-refractivity contribution in [2.45, 2.75) is 12.6 Å². The lowest BCUT2D eigenvalue weighted by atomic mass is 10.2. The van der Waals surface area contributed by atoms with Crippen molar-refractivity contribution in [3.05, 3.63) is 59.7 Å². The molecule has 0 bridgehead atoms. The smallest absolute Gasteiger partial charge is 0.150 e. The first kappa shape index (κ1) is 15.3. The van der Waals surface area contributed by atoms with Crippen molar-refractivity contribution in [2.24, 2.45) is 0 Å². The summed E-state index contributed by atoms with van der Waals surface area (Å²) in [7, 11) is 0. The van der Waals surface area contributed by atoms with E-state index >= 15 is 0 Å². The summed E-state index contributed by atoms with van der Waals surface area (Å²) in [6.07, 6.45) is 2.92. The Hall–Kier alpha value is -2.62. The lowest BCUT2D eigenvalue weighted by Gasteiger charge is -2.14. The summed E-state index contributed by atoms with van der Waals surface area (Å²) in [6.45, 7) is 0.581. The van der Waals surface area contributed by atoms with E-state index in [0.717, 1.165) is 10.7 Å². The van der Waals surface area contributed by atoms with Crippen molar-refractivity contribution in [3.63, 3.8) is 0 Å². The normalized spacial score (nSPS) is 11.8. The molecule has 0 unspecified atom stereocenters. The third kappa shape index (κ3) is 3.77. The number of imidazole rings is 1. The fraction of sp³-hybridized carbons (Fsp3) is 0.176. The lowest BCUT2D eigenvalue weighted by Crippen LogP contribution is -2.23. The first-order valence-corrected chi connectivity index (χ1v) is 8.00. The number of hydrogen-bond donors (Lipinski definition) is 1. The van der Waals surface area contributed by atoms with Crippen LogP contribution in [-0.2, 0) is 6.54 Å². The second kappa shape index (κ2) is 7.09. The third-order valence-electron chi connectivity index (χ3n) is 3.29. The topological polar surface area (TPSA) is 71.1 Å². The summed E-state index contributed by atoms with van der Waals surface area (Å²) in [6, 6.07) is 12.9. The zero-order valence-electron chi connectivity index (χ0n) is 12.3. The predicted octanol–water partition coefficient (Wildman–Crippen LogP) is 2.92. The van der Waals surface area contributed by atoms with E-state index < -0.39 is 6.10 Å². The fourth-order valence-electron chi connectivity index (χ4n) is 2.19. The molecule has 0 spiro atoms. The number of aromatic nitrogens is 2. The summed E-state index contributed by atoms with van der Waals surface area (Å²) in [5, 5.41) is 20.9. The molecule has 2 heterocycles. The molecule has 1 N–H and O–H groups in total. The van der Waals surface area contributed by atoms with Gasteiger partial charge in [0.25, 0.3) is 0 Å². The van der Waals surface area contributed by atoms with Crippen LogP contribution < -0.4 is 4.74 Å². The van der Waals surface area contributed by atoms with Gasteiger partial charge in [0.05, 0.1) is 23.1 Å². The van der Waals surface area contributed by atoms with Crippen molar-refractivity contribution >= 4 is 11.3 Å². The maximum atomic E-state index is 10.2. The first-order chi connectivity index (χ1) is 11.3. The Morgan fingerprint density at radius 1 is 1.30 bits per heavy atom. The second-order valence-corrected chi connectivity index (χ2v) is 5.93. The van der Waals surface area contributed by atoms with Crippen molar-refractivity contribution in [3.8, 4) is 22.5 Å². The number of nitrogens with zero attached hydrogens (tertiary/aromatic N) is 3. The van der Waals surface area contributed by atoms with Gasteiger partial charge in [0.1, 0.15) is 24.3 Å². The van der Waals surface area contributed by atoms with Gasteiger partial charge in [-0.05, 0) is 35.7 Å². The third-order valence-corrected chi connectivity index (χ3v) is 4.16. The van der Waals surface area contributed by atoms with E-state index in [9.17, 15) is 5.11 Å². The van der Waals surface area contributed by atoms with Gasteiger partial charge in [0, 0.05) is 12.4 Å². The van der Waals surface area contributed by atoms with E-state index in [1.807, 2.05) is 28.3 Å². The molecule has 0 amide bonds. The molecular weight excluding hydrogens is 310 g/mol. The van der Waals surface area contributed by atoms with Crippen LogP contribution in [0.3, 0.4) is 0 Å². The largest absolute Gasteiger partial charge is 0.491 e. The van der Waals surface area contributed by atoms with Gasteiger partial charge in [0.15, 0.2) is 0 Å². The molecule has 5 nitrogen and oxygen atoms in total. The Kier molecular flexibility index (Phi) is 4.71. The first-order valence-electron chi connectivity index (χ1n) is 7.12. The van der Waals surface area contributed by atoms with Crippen LogP contribution in [0.15, 0.2) is 54.2 Å². The average molecular weight is 325 g/mol. The van der Waals surface area contributed by atoms with Crippen LogP contribution >= 0.6 is 11.3 Å². The maximum Gasteiger partial charge on any atom is 0.150 e. The van der Waals surface area contributed by atoms with E-state index in [-0.39, 0.29) is 6.61 Å². The molecular formula is C17H15N3O2S. The predicted molar refractivity (Wildman–Crippen MR) is 88.2 cm³/mol. The molecule has 0 saturated carbocycles. The van der Waals surface area contributed by atoms with E-state index in [2.05, 4.69) is 11.1 Å². The number of aliphatic hydroxyl groups excluding tert-OH is 1. The molecule has 0 radical (unpaired) electrons. The highest BCUT2D eigenvalue weighted by molar-refractivity contribution is 7.13. The van der Waals surface area contributed by atoms with E-state index in [1.54, 1.807) is 41.8 Å². The van der Waals surface area contributed by atoms with Gasteiger partial charge in [-0.3, -0.25) is 0 Å². The van der Waals surface area contributed by atoms with Crippen LogP contribution in [0.2, 0.25) is 0 Å². The summed E-state index contributed by atoms with van der Waals surface area (Å²) < 4.78 is 7.47. The van der Waals surface area contributed by atoms with Gasteiger partial charge in [0.2, 0.25) is 0 Å². The van der Waals surface area contributed by atoms with Crippen molar-refractivity contribution in [1.29, 1.82) is 5.26 Å². The summed E-state index contributed by atoms with van der Waals surface area (Å²) in [5.74, 6) is 1.48. The molecule has 0 aliphatic rings. The van der Waals surface area contributed by atoms with Crippen molar-refractivity contribution in [2.75, 3.05) is 6.61 Å². The van der Waals surface area contributed by atoms with Crippen LogP contribution in [-0.4, -0.2) is 27.4 Å². The van der Waals surface area contributed by atoms with Crippen molar-refractivity contribution in [1.82, 2.24) is 9.55 Å². The minimum Gasteiger partial charge on any atom is -0.491 e. The molecule has 0 fully saturated rings. The summed E-state index contributed by atoms with van der Waals surface area (Å²) in [4.78, 5) is 5.40. The number of hydrogen-bond acceptors (Lipinski definition) is 5. The Labute approximate surface area is 138 Å². The number of nitriles is 1. The monoisotopic (exact) mass is 325 g/mol. The highest BCUT2D eigenvalue weighted by atomic mass is 32.1. The summed E-state index contributed by atoms with van der Waals surface area (Å²) in [5.41, 5.74) is 0.580. The van der Waals surface area contributed by atoms with Crippen molar-refractivity contribution < 1.29 is 9.84 Å². The SMILES string of the molecule is N#Cc1ccc(OC[C@H](O)Cn2ccnc2-c2cccs2)cc1. The number of aliphatic hydroxyl groups is 1. The molecule has 3 aromatic rings. The molecule has 0 aliphatic carbocycles. The van der Waals surface area contributed by atoms with Gasteiger partial charge in [-0.1, -0.05) is 6.07 Å². The minimum absolute atomic E-state index is 0.175. The number of ether oxygens (including phenoxy) is 1. The number of thiophene rings is 1. The molecule has 3 rings (SSSR count). The van der Waals surface area contributed by atoms with Gasteiger partial charge >= 0.3 is 0 Å². The molecule has 0 saturated heterocycles. The highest BCUT2D eigenvalue weighted by Gasteiger charge is 2.12.